The number of aliphatic hydroxyl groups excluding tert-OH is 5. The van der Waals surface area contributed by atoms with Crippen molar-refractivity contribution in [1.82, 2.24) is 5.32 Å². The van der Waals surface area contributed by atoms with Crippen molar-refractivity contribution >= 4 is 11.9 Å². The van der Waals surface area contributed by atoms with Crippen molar-refractivity contribution in [3.63, 3.8) is 0 Å². The van der Waals surface area contributed by atoms with Crippen molar-refractivity contribution in [2.45, 2.75) is 384 Å². The van der Waals surface area contributed by atoms with E-state index in [0.717, 1.165) is 77.0 Å². The van der Waals surface area contributed by atoms with Crippen LogP contribution >= 0.6 is 0 Å². The van der Waals surface area contributed by atoms with Gasteiger partial charge in [-0.1, -0.05) is 319 Å². The maximum atomic E-state index is 13.5. The van der Waals surface area contributed by atoms with Gasteiger partial charge in [0.2, 0.25) is 5.91 Å². The molecule has 0 aliphatic carbocycles. The smallest absolute Gasteiger partial charge is 0.306 e. The van der Waals surface area contributed by atoms with Gasteiger partial charge in [-0.2, -0.15) is 0 Å². The molecule has 1 aliphatic heterocycles. The minimum atomic E-state index is -1.63. The predicted molar refractivity (Wildman–Crippen MR) is 356 cm³/mol. The first-order chi connectivity index (χ1) is 41.7. The number of ether oxygens (including phenoxy) is 3. The van der Waals surface area contributed by atoms with Crippen LogP contribution in [0.3, 0.4) is 0 Å². The predicted octanol–water partition coefficient (Wildman–Crippen LogP) is 18.5. The number of carbonyl (C=O) groups excluding carboxylic acids is 2. The van der Waals surface area contributed by atoms with Crippen molar-refractivity contribution in [3.8, 4) is 0 Å². The lowest BCUT2D eigenvalue weighted by Gasteiger charge is -2.41. The third-order valence-corrected chi connectivity index (χ3v) is 16.9. The number of rotatable bonds is 62. The summed E-state index contributed by atoms with van der Waals surface area (Å²) >= 11 is 0. The van der Waals surface area contributed by atoms with E-state index < -0.39 is 67.4 Å². The molecule has 496 valence electrons. The molecule has 1 amide bonds. The number of nitrogens with one attached hydrogen (secondary N) is 1. The van der Waals surface area contributed by atoms with E-state index in [-0.39, 0.29) is 13.0 Å². The van der Waals surface area contributed by atoms with Crippen LogP contribution in [-0.4, -0.2) is 99.6 Å². The van der Waals surface area contributed by atoms with Gasteiger partial charge in [0.1, 0.15) is 24.4 Å². The Bertz CT molecular complexity index is 1620. The van der Waals surface area contributed by atoms with E-state index in [4.69, 9.17) is 14.2 Å². The number of hydrogen-bond acceptors (Lipinski definition) is 10. The number of carbonyl (C=O) groups is 2. The lowest BCUT2D eigenvalue weighted by Crippen LogP contribution is -2.61. The van der Waals surface area contributed by atoms with E-state index in [1.807, 2.05) is 6.08 Å². The van der Waals surface area contributed by atoms with Gasteiger partial charge in [-0.25, -0.2) is 0 Å². The number of allylic oxidation sites excluding steroid dienone is 9. The molecule has 8 unspecified atom stereocenters. The molecule has 0 aromatic heterocycles. The second kappa shape index (κ2) is 61.6. The van der Waals surface area contributed by atoms with E-state index >= 15 is 0 Å². The summed E-state index contributed by atoms with van der Waals surface area (Å²) in [6.45, 7) is 5.79. The van der Waals surface area contributed by atoms with Crippen LogP contribution in [0.4, 0.5) is 0 Å². The molecule has 0 spiro atoms. The fraction of sp³-hybridized carbons (Fsp3) is 0.838. The van der Waals surface area contributed by atoms with Crippen LogP contribution in [0.2, 0.25) is 0 Å². The molecule has 1 fully saturated rings. The zero-order valence-corrected chi connectivity index (χ0v) is 55.2. The molecule has 0 radical (unpaired) electrons. The summed E-state index contributed by atoms with van der Waals surface area (Å²) in [5.41, 5.74) is 0. The summed E-state index contributed by atoms with van der Waals surface area (Å²) in [7, 11) is 0. The number of hydrogen-bond donors (Lipinski definition) is 6. The van der Waals surface area contributed by atoms with Crippen LogP contribution < -0.4 is 5.32 Å². The van der Waals surface area contributed by atoms with Crippen LogP contribution in [-0.2, 0) is 23.8 Å². The van der Waals surface area contributed by atoms with Gasteiger partial charge < -0.3 is 45.1 Å². The molecule has 0 aromatic carbocycles. The Morgan fingerprint density at radius 3 is 1.24 bits per heavy atom. The van der Waals surface area contributed by atoms with Crippen LogP contribution in [0.25, 0.3) is 0 Å². The molecule has 8 atom stereocenters. The standard InChI is InChI=1S/C74H135NO10/c1-4-7-10-13-16-19-22-25-27-29-31-32-33-34-35-37-38-40-43-46-49-52-55-58-61-67(78)73(82)75-65(66(77)60-57-54-51-48-45-42-24-21-18-15-12-9-6-3)64-83-74-72(71(81)70(80)68(63-76)84-74)85-69(79)62-59-56-53-50-47-44-41-39-36-30-28-26-23-20-17-14-11-8-5-2/h17,20,26,28,36,39,44,47,57,60,65-68,70-72,74,76-78,80-81H,4-16,18-19,21-25,27,29-35,37-38,40-43,45-46,48-56,58-59,61-64H2,1-3H3,(H,75,82)/b20-17-,28-26-,39-36-,47-44-,60-57+. The average molecular weight is 1200 g/mol. The second-order valence-electron chi connectivity index (χ2n) is 25.0. The highest BCUT2D eigenvalue weighted by atomic mass is 16.7. The SMILES string of the molecule is CCCCC/C=C\C/C=C\C/C=C\C/C=C\CCCCCC(=O)OC1C(OCC(NC(=O)C(O)CCCCCCCCCCCCCCCCCCCCCCCCCC)C(O)/C=C/CCCCCCCCCCCCC)OC(CO)C(O)C1O. The number of aliphatic hydroxyl groups is 5. The Morgan fingerprint density at radius 1 is 0.459 bits per heavy atom. The topological polar surface area (TPSA) is 175 Å². The highest BCUT2D eigenvalue weighted by Gasteiger charge is 2.47. The Kier molecular flexibility index (Phi) is 58.2. The highest BCUT2D eigenvalue weighted by Crippen LogP contribution is 2.26. The van der Waals surface area contributed by atoms with Crippen molar-refractivity contribution in [1.29, 1.82) is 0 Å². The van der Waals surface area contributed by atoms with Crippen molar-refractivity contribution < 1.29 is 49.3 Å². The van der Waals surface area contributed by atoms with Gasteiger partial charge in [0, 0.05) is 6.42 Å². The van der Waals surface area contributed by atoms with Gasteiger partial charge in [0.05, 0.1) is 25.4 Å². The van der Waals surface area contributed by atoms with Crippen LogP contribution in [0.15, 0.2) is 60.8 Å². The molecule has 85 heavy (non-hydrogen) atoms. The van der Waals surface area contributed by atoms with Gasteiger partial charge in [0.15, 0.2) is 12.4 Å². The Morgan fingerprint density at radius 2 is 0.812 bits per heavy atom. The zero-order valence-electron chi connectivity index (χ0n) is 55.2. The largest absolute Gasteiger partial charge is 0.454 e. The minimum absolute atomic E-state index is 0.0862. The number of amides is 1. The Hall–Kier alpha value is -2.64. The van der Waals surface area contributed by atoms with Crippen LogP contribution in [0.1, 0.15) is 335 Å². The molecule has 0 aromatic rings. The van der Waals surface area contributed by atoms with Gasteiger partial charge in [-0.15, -0.1) is 0 Å². The molecule has 11 nitrogen and oxygen atoms in total. The third kappa shape index (κ3) is 48.9. The summed E-state index contributed by atoms with van der Waals surface area (Å²) in [6.07, 6.45) is 68.4. The van der Waals surface area contributed by atoms with E-state index in [1.54, 1.807) is 6.08 Å². The lowest BCUT2D eigenvalue weighted by atomic mass is 9.99. The van der Waals surface area contributed by atoms with Gasteiger partial charge >= 0.3 is 5.97 Å². The normalized spacial score (nSPS) is 18.7. The van der Waals surface area contributed by atoms with E-state index in [2.05, 4.69) is 74.7 Å². The van der Waals surface area contributed by atoms with Crippen molar-refractivity contribution in [2.75, 3.05) is 13.2 Å². The fourth-order valence-electron chi connectivity index (χ4n) is 11.2. The maximum absolute atomic E-state index is 13.5. The Balaban J connectivity index is 2.60. The van der Waals surface area contributed by atoms with Gasteiger partial charge in [-0.3, -0.25) is 9.59 Å². The monoisotopic (exact) mass is 1200 g/mol. The quantitative estimate of drug-likeness (QED) is 0.0195. The molecule has 11 heteroatoms. The van der Waals surface area contributed by atoms with Crippen molar-refractivity contribution in [3.05, 3.63) is 60.8 Å². The summed E-state index contributed by atoms with van der Waals surface area (Å²) < 4.78 is 17.7. The second-order valence-corrected chi connectivity index (χ2v) is 25.0. The van der Waals surface area contributed by atoms with Crippen molar-refractivity contribution in [2.24, 2.45) is 0 Å². The first kappa shape index (κ1) is 80.4. The van der Waals surface area contributed by atoms with E-state index in [0.29, 0.717) is 19.3 Å². The number of esters is 1. The molecule has 6 N–H and O–H groups in total. The molecule has 0 bridgehead atoms. The van der Waals surface area contributed by atoms with Gasteiger partial charge in [-0.05, 0) is 70.6 Å². The average Bonchev–Trinajstić information content (AvgIpc) is 2.49. The summed E-state index contributed by atoms with van der Waals surface area (Å²) in [4.78, 5) is 26.7. The van der Waals surface area contributed by atoms with E-state index in [9.17, 15) is 35.1 Å². The first-order valence-corrected chi connectivity index (χ1v) is 36.1. The third-order valence-electron chi connectivity index (χ3n) is 16.9. The fourth-order valence-corrected chi connectivity index (χ4v) is 11.2. The molecule has 0 saturated carbocycles. The maximum Gasteiger partial charge on any atom is 0.306 e. The molecular formula is C74H135NO10. The zero-order chi connectivity index (χ0) is 61.7. The van der Waals surface area contributed by atoms with Gasteiger partial charge in [0.25, 0.3) is 0 Å². The Labute approximate surface area is 522 Å². The number of unbranched alkanes of at least 4 members (excludes halogenated alkanes) is 40. The first-order valence-electron chi connectivity index (χ1n) is 36.1. The summed E-state index contributed by atoms with van der Waals surface area (Å²) in [5, 5.41) is 57.3. The molecule has 1 heterocycles. The summed E-state index contributed by atoms with van der Waals surface area (Å²) in [5.74, 6) is -1.22. The lowest BCUT2D eigenvalue weighted by molar-refractivity contribution is -0.305. The molecule has 1 rings (SSSR count). The van der Waals surface area contributed by atoms with Crippen LogP contribution in [0, 0.1) is 0 Å². The molecule has 1 aliphatic rings. The van der Waals surface area contributed by atoms with Crippen LogP contribution in [0.5, 0.6) is 0 Å². The van der Waals surface area contributed by atoms with E-state index in [1.165, 1.54) is 212 Å². The highest BCUT2D eigenvalue weighted by molar-refractivity contribution is 5.80. The minimum Gasteiger partial charge on any atom is -0.454 e. The molecular weight excluding hydrogens is 1060 g/mol. The summed E-state index contributed by atoms with van der Waals surface area (Å²) in [6, 6.07) is -1.03. The molecule has 1 saturated heterocycles.